The number of likely N-dealkylation sites (N-methyl/N-ethyl adjacent to an activating group) is 1. The molecule has 0 aromatic carbocycles. The van der Waals surface area contributed by atoms with Crippen LogP contribution in [0.1, 0.15) is 39.5 Å². The van der Waals surface area contributed by atoms with E-state index in [4.69, 9.17) is 0 Å². The Kier molecular flexibility index (Phi) is 5.92. The standard InChI is InChI=1S/C13H26N2O2/c1-4-6-7-12(13(16)17)15-9-8-14(3)11(5-2)10-15/h11-12H,4-10H2,1-3H3,(H,16,17). The molecule has 1 aliphatic rings. The van der Waals surface area contributed by atoms with Crippen LogP contribution in [0.25, 0.3) is 0 Å². The lowest BCUT2D eigenvalue weighted by molar-refractivity contribution is -0.144. The minimum atomic E-state index is -0.655. The number of piperazine rings is 1. The molecule has 0 spiro atoms. The van der Waals surface area contributed by atoms with Gasteiger partial charge in [0.05, 0.1) is 0 Å². The highest BCUT2D eigenvalue weighted by molar-refractivity contribution is 5.73. The molecule has 0 aromatic heterocycles. The first-order valence-electron chi connectivity index (χ1n) is 6.77. The topological polar surface area (TPSA) is 43.8 Å². The summed E-state index contributed by atoms with van der Waals surface area (Å²) < 4.78 is 0. The maximum atomic E-state index is 11.3. The van der Waals surface area contributed by atoms with Crippen LogP contribution in [-0.2, 0) is 4.79 Å². The molecule has 1 heterocycles. The Labute approximate surface area is 105 Å². The van der Waals surface area contributed by atoms with Gasteiger partial charge in [-0.25, -0.2) is 0 Å². The lowest BCUT2D eigenvalue weighted by atomic mass is 10.0. The molecule has 17 heavy (non-hydrogen) atoms. The Morgan fingerprint density at radius 1 is 1.41 bits per heavy atom. The van der Waals surface area contributed by atoms with Gasteiger partial charge < -0.3 is 10.0 Å². The molecule has 100 valence electrons. The molecule has 0 radical (unpaired) electrons. The van der Waals surface area contributed by atoms with Crippen molar-refractivity contribution in [1.82, 2.24) is 9.80 Å². The zero-order valence-corrected chi connectivity index (χ0v) is 11.4. The van der Waals surface area contributed by atoms with Crippen molar-refractivity contribution in [3.8, 4) is 0 Å². The smallest absolute Gasteiger partial charge is 0.320 e. The first-order chi connectivity index (χ1) is 8.10. The highest BCUT2D eigenvalue weighted by Crippen LogP contribution is 2.17. The van der Waals surface area contributed by atoms with Crippen LogP contribution in [0, 0.1) is 0 Å². The summed E-state index contributed by atoms with van der Waals surface area (Å²) in [7, 11) is 2.13. The van der Waals surface area contributed by atoms with Crippen molar-refractivity contribution in [1.29, 1.82) is 0 Å². The fourth-order valence-corrected chi connectivity index (χ4v) is 2.55. The van der Waals surface area contributed by atoms with E-state index in [-0.39, 0.29) is 6.04 Å². The van der Waals surface area contributed by atoms with Crippen LogP contribution in [-0.4, -0.2) is 59.6 Å². The summed E-state index contributed by atoms with van der Waals surface area (Å²) >= 11 is 0. The molecule has 0 saturated carbocycles. The second kappa shape index (κ2) is 6.97. The molecule has 1 fully saturated rings. The second-order valence-corrected chi connectivity index (χ2v) is 5.03. The summed E-state index contributed by atoms with van der Waals surface area (Å²) in [6, 6.07) is 0.227. The molecule has 4 heteroatoms. The molecule has 4 nitrogen and oxygen atoms in total. The quantitative estimate of drug-likeness (QED) is 0.769. The van der Waals surface area contributed by atoms with Gasteiger partial charge in [-0.1, -0.05) is 26.7 Å². The van der Waals surface area contributed by atoms with Gasteiger partial charge in [-0.2, -0.15) is 0 Å². The molecule has 0 aromatic rings. The Balaban J connectivity index is 2.58. The largest absolute Gasteiger partial charge is 0.480 e. The van der Waals surface area contributed by atoms with E-state index in [1.165, 1.54) is 0 Å². The summed E-state index contributed by atoms with van der Waals surface area (Å²) in [6.07, 6.45) is 3.94. The summed E-state index contributed by atoms with van der Waals surface area (Å²) in [5.74, 6) is -0.655. The van der Waals surface area contributed by atoms with Crippen LogP contribution in [0.15, 0.2) is 0 Å². The average molecular weight is 242 g/mol. The van der Waals surface area contributed by atoms with Gasteiger partial charge in [0.1, 0.15) is 6.04 Å². The van der Waals surface area contributed by atoms with Gasteiger partial charge in [-0.15, -0.1) is 0 Å². The zero-order valence-electron chi connectivity index (χ0n) is 11.4. The van der Waals surface area contributed by atoms with E-state index >= 15 is 0 Å². The summed E-state index contributed by atoms with van der Waals surface area (Å²) in [5.41, 5.74) is 0. The number of hydrogen-bond donors (Lipinski definition) is 1. The molecule has 2 atom stereocenters. The van der Waals surface area contributed by atoms with Gasteiger partial charge in [-0.05, 0) is 19.9 Å². The lowest BCUT2D eigenvalue weighted by Gasteiger charge is -2.41. The number of unbranched alkanes of at least 4 members (excludes halogenated alkanes) is 1. The van der Waals surface area contributed by atoms with Crippen LogP contribution in [0.5, 0.6) is 0 Å². The molecular formula is C13H26N2O2. The van der Waals surface area contributed by atoms with Gasteiger partial charge >= 0.3 is 5.97 Å². The lowest BCUT2D eigenvalue weighted by Crippen LogP contribution is -2.56. The highest BCUT2D eigenvalue weighted by Gasteiger charge is 2.31. The predicted molar refractivity (Wildman–Crippen MR) is 69.2 cm³/mol. The van der Waals surface area contributed by atoms with E-state index in [0.29, 0.717) is 6.04 Å². The van der Waals surface area contributed by atoms with Crippen molar-refractivity contribution < 1.29 is 9.90 Å². The Hall–Kier alpha value is -0.610. The molecule has 2 unspecified atom stereocenters. The maximum Gasteiger partial charge on any atom is 0.320 e. The van der Waals surface area contributed by atoms with Gasteiger partial charge in [0.2, 0.25) is 0 Å². The number of carboxylic acid groups (broad SMARTS) is 1. The average Bonchev–Trinajstić information content (AvgIpc) is 2.31. The monoisotopic (exact) mass is 242 g/mol. The third-order valence-corrected chi connectivity index (χ3v) is 3.84. The van der Waals surface area contributed by atoms with Crippen LogP contribution in [0.2, 0.25) is 0 Å². The van der Waals surface area contributed by atoms with Crippen LogP contribution < -0.4 is 0 Å². The van der Waals surface area contributed by atoms with E-state index in [2.05, 4.69) is 30.7 Å². The van der Waals surface area contributed by atoms with Crippen molar-refractivity contribution in [2.24, 2.45) is 0 Å². The molecule has 1 saturated heterocycles. The number of rotatable bonds is 6. The Bertz CT molecular complexity index is 246. The highest BCUT2D eigenvalue weighted by atomic mass is 16.4. The number of carbonyl (C=O) groups is 1. The Morgan fingerprint density at radius 3 is 2.65 bits per heavy atom. The van der Waals surface area contributed by atoms with Gasteiger partial charge in [0.15, 0.2) is 0 Å². The maximum absolute atomic E-state index is 11.3. The number of hydrogen-bond acceptors (Lipinski definition) is 3. The van der Waals surface area contributed by atoms with Crippen molar-refractivity contribution in [2.45, 2.75) is 51.6 Å². The SMILES string of the molecule is CCCCC(C(=O)O)N1CCN(C)C(CC)C1. The third-order valence-electron chi connectivity index (χ3n) is 3.84. The number of nitrogens with zero attached hydrogens (tertiary/aromatic N) is 2. The van der Waals surface area contributed by atoms with Crippen LogP contribution >= 0.6 is 0 Å². The van der Waals surface area contributed by atoms with Gasteiger partial charge in [-0.3, -0.25) is 9.69 Å². The van der Waals surface area contributed by atoms with Crippen molar-refractivity contribution in [3.05, 3.63) is 0 Å². The fraction of sp³-hybridized carbons (Fsp3) is 0.923. The molecular weight excluding hydrogens is 216 g/mol. The van der Waals surface area contributed by atoms with Gasteiger partial charge in [0.25, 0.3) is 0 Å². The van der Waals surface area contributed by atoms with Crippen molar-refractivity contribution in [2.75, 3.05) is 26.7 Å². The summed E-state index contributed by atoms with van der Waals surface area (Å²) in [4.78, 5) is 15.8. The van der Waals surface area contributed by atoms with E-state index in [1.807, 2.05) is 0 Å². The minimum Gasteiger partial charge on any atom is -0.480 e. The van der Waals surface area contributed by atoms with Crippen LogP contribution in [0.4, 0.5) is 0 Å². The predicted octanol–water partition coefficient (Wildman–Crippen LogP) is 1.66. The van der Waals surface area contributed by atoms with E-state index in [9.17, 15) is 9.90 Å². The summed E-state index contributed by atoms with van der Waals surface area (Å²) in [6.45, 7) is 7.04. The normalized spacial score (nSPS) is 24.8. The molecule has 0 bridgehead atoms. The van der Waals surface area contributed by atoms with Crippen molar-refractivity contribution >= 4 is 5.97 Å². The third kappa shape index (κ3) is 3.96. The second-order valence-electron chi connectivity index (χ2n) is 5.03. The molecule has 0 aliphatic carbocycles. The summed E-state index contributed by atoms with van der Waals surface area (Å²) in [5, 5.41) is 9.32. The van der Waals surface area contributed by atoms with Crippen molar-refractivity contribution in [3.63, 3.8) is 0 Å². The molecule has 1 aliphatic heterocycles. The first-order valence-corrected chi connectivity index (χ1v) is 6.77. The number of aliphatic carboxylic acids is 1. The van der Waals surface area contributed by atoms with Gasteiger partial charge in [0, 0.05) is 25.7 Å². The van der Waals surface area contributed by atoms with Crippen LogP contribution in [0.3, 0.4) is 0 Å². The first kappa shape index (κ1) is 14.5. The molecule has 0 amide bonds. The zero-order chi connectivity index (χ0) is 12.8. The van der Waals surface area contributed by atoms with E-state index in [1.54, 1.807) is 0 Å². The van der Waals surface area contributed by atoms with E-state index < -0.39 is 5.97 Å². The Morgan fingerprint density at radius 2 is 2.12 bits per heavy atom. The molecule has 1 N–H and O–H groups in total. The minimum absolute atomic E-state index is 0.280. The fourth-order valence-electron chi connectivity index (χ4n) is 2.55. The number of carboxylic acids is 1. The van der Waals surface area contributed by atoms with E-state index in [0.717, 1.165) is 45.3 Å². The molecule has 1 rings (SSSR count).